The lowest BCUT2D eigenvalue weighted by Gasteiger charge is -2.18. The number of aryl methyl sites for hydroxylation is 2. The molecule has 3 N–H and O–H groups in total. The summed E-state index contributed by atoms with van der Waals surface area (Å²) in [6.45, 7) is 1.92. The van der Waals surface area contributed by atoms with Crippen molar-refractivity contribution in [2.24, 2.45) is 0 Å². The summed E-state index contributed by atoms with van der Waals surface area (Å²) in [4.78, 5) is 19.1. The molecule has 0 saturated heterocycles. The van der Waals surface area contributed by atoms with Gasteiger partial charge in [0.2, 0.25) is 0 Å². The highest BCUT2D eigenvalue weighted by Crippen LogP contribution is 2.44. The number of benzene rings is 1. The van der Waals surface area contributed by atoms with Crippen LogP contribution in [0.15, 0.2) is 34.7 Å². The Balaban J connectivity index is 1.65. The Kier molecular flexibility index (Phi) is 5.16. The maximum Gasteiger partial charge on any atom is 0.267 e. The summed E-state index contributed by atoms with van der Waals surface area (Å²) in [5.74, 6) is 1.29. The highest BCUT2D eigenvalue weighted by Gasteiger charge is 2.27. The number of nitrogens with zero attached hydrogens (tertiary/aromatic N) is 1. The molecule has 5 nitrogen and oxygen atoms in total. The van der Waals surface area contributed by atoms with Gasteiger partial charge in [0.15, 0.2) is 0 Å². The summed E-state index contributed by atoms with van der Waals surface area (Å²) in [6, 6.07) is 8.85. The minimum Gasteiger partial charge on any atom is -0.461 e. The number of anilines is 2. The van der Waals surface area contributed by atoms with Gasteiger partial charge in [0.1, 0.15) is 21.2 Å². The van der Waals surface area contributed by atoms with Gasteiger partial charge >= 0.3 is 0 Å². The van der Waals surface area contributed by atoms with Crippen molar-refractivity contribution in [3.05, 3.63) is 62.3 Å². The van der Waals surface area contributed by atoms with Crippen molar-refractivity contribution in [3.63, 3.8) is 0 Å². The van der Waals surface area contributed by atoms with Gasteiger partial charge in [0.25, 0.3) is 5.91 Å². The molecule has 4 aromatic rings. The fraction of sp³-hybridized carbons (Fsp3) is 0.217. The van der Waals surface area contributed by atoms with Crippen molar-refractivity contribution in [3.8, 4) is 11.3 Å². The molecule has 3 aromatic heterocycles. The van der Waals surface area contributed by atoms with E-state index in [0.717, 1.165) is 58.7 Å². The highest BCUT2D eigenvalue weighted by atomic mass is 35.5. The molecular weight excluding hydrogens is 453 g/mol. The number of thiophene rings is 1. The van der Waals surface area contributed by atoms with E-state index < -0.39 is 0 Å². The number of furan rings is 1. The number of fused-ring (bicyclic) bond motifs is 2. The molecule has 0 unspecified atom stereocenters. The van der Waals surface area contributed by atoms with Crippen molar-refractivity contribution in [2.45, 2.75) is 32.6 Å². The van der Waals surface area contributed by atoms with Gasteiger partial charge in [-0.05, 0) is 68.5 Å². The molecule has 158 valence electrons. The van der Waals surface area contributed by atoms with Crippen LogP contribution >= 0.6 is 34.5 Å². The first-order valence-corrected chi connectivity index (χ1v) is 11.6. The number of pyridine rings is 1. The van der Waals surface area contributed by atoms with E-state index in [9.17, 15) is 4.79 Å². The third kappa shape index (κ3) is 3.59. The van der Waals surface area contributed by atoms with E-state index in [2.05, 4.69) is 5.32 Å². The molecule has 5 rings (SSSR count). The lowest BCUT2D eigenvalue weighted by atomic mass is 9.89. The maximum atomic E-state index is 13.1. The zero-order valence-corrected chi connectivity index (χ0v) is 19.0. The predicted molar refractivity (Wildman–Crippen MR) is 128 cm³/mol. The Morgan fingerprint density at radius 2 is 1.97 bits per heavy atom. The Morgan fingerprint density at radius 3 is 2.71 bits per heavy atom. The molecule has 1 aliphatic rings. The Bertz CT molecular complexity index is 1340. The van der Waals surface area contributed by atoms with Crippen LogP contribution in [0.1, 0.15) is 39.5 Å². The number of nitrogens with one attached hydrogen (secondary N) is 1. The van der Waals surface area contributed by atoms with Crippen LogP contribution in [0.4, 0.5) is 11.4 Å². The summed E-state index contributed by atoms with van der Waals surface area (Å²) in [5.41, 5.74) is 10.7. The van der Waals surface area contributed by atoms with E-state index in [1.165, 1.54) is 16.9 Å². The molecule has 0 bridgehead atoms. The maximum absolute atomic E-state index is 13.1. The molecule has 3 heterocycles. The van der Waals surface area contributed by atoms with E-state index in [1.807, 2.05) is 19.1 Å². The fourth-order valence-electron chi connectivity index (χ4n) is 4.08. The first-order valence-electron chi connectivity index (χ1n) is 9.99. The van der Waals surface area contributed by atoms with Gasteiger partial charge < -0.3 is 15.5 Å². The minimum atomic E-state index is -0.307. The average molecular weight is 472 g/mol. The van der Waals surface area contributed by atoms with E-state index in [4.69, 9.17) is 38.3 Å². The molecule has 8 heteroatoms. The smallest absolute Gasteiger partial charge is 0.267 e. The fourth-order valence-corrected chi connectivity index (χ4v) is 5.40. The lowest BCUT2D eigenvalue weighted by Crippen LogP contribution is -2.12. The highest BCUT2D eigenvalue weighted by molar-refractivity contribution is 7.21. The Morgan fingerprint density at radius 1 is 1.16 bits per heavy atom. The number of hydrogen-bond acceptors (Lipinski definition) is 5. The van der Waals surface area contributed by atoms with E-state index in [1.54, 1.807) is 18.2 Å². The number of carbonyl (C=O) groups excluding carboxylic acids is 1. The molecule has 0 spiro atoms. The third-order valence-electron chi connectivity index (χ3n) is 5.52. The average Bonchev–Trinajstić information content (AvgIpc) is 3.32. The lowest BCUT2D eigenvalue weighted by molar-refractivity contribution is 0.103. The van der Waals surface area contributed by atoms with Crippen molar-refractivity contribution in [1.29, 1.82) is 0 Å². The second kappa shape index (κ2) is 7.86. The number of halogens is 2. The Labute approximate surface area is 193 Å². The molecular formula is C23H19Cl2N3O2S. The van der Waals surface area contributed by atoms with E-state index in [-0.39, 0.29) is 5.91 Å². The van der Waals surface area contributed by atoms with Crippen molar-refractivity contribution >= 4 is 62.0 Å². The quantitative estimate of drug-likeness (QED) is 0.340. The molecule has 0 atom stereocenters. The van der Waals surface area contributed by atoms with Gasteiger partial charge in [-0.3, -0.25) is 4.79 Å². The topological polar surface area (TPSA) is 81.2 Å². The minimum absolute atomic E-state index is 0.307. The zero-order chi connectivity index (χ0) is 21.7. The molecule has 0 radical (unpaired) electrons. The Hall–Kier alpha value is -2.54. The van der Waals surface area contributed by atoms with Crippen LogP contribution in [0.5, 0.6) is 0 Å². The zero-order valence-electron chi connectivity index (χ0n) is 16.7. The standard InChI is InChI=1S/C23H19Cl2N3O2S/c1-11-6-9-17(30-11)18-13-4-2-3-5-16(13)28-23-19(18)20(26)21(31-23)22(29)27-12-7-8-14(24)15(25)10-12/h6-10H,2-5,26H2,1H3,(H,27,29). The van der Waals surface area contributed by atoms with Crippen LogP contribution in [0, 0.1) is 6.92 Å². The van der Waals surface area contributed by atoms with Crippen LogP contribution < -0.4 is 11.1 Å². The summed E-state index contributed by atoms with van der Waals surface area (Å²) in [5, 5.41) is 4.44. The number of nitrogen functional groups attached to an aromatic ring is 1. The van der Waals surface area contributed by atoms with Gasteiger partial charge in [-0.25, -0.2) is 4.98 Å². The number of nitrogens with two attached hydrogens (primary N) is 1. The number of rotatable bonds is 3. The first kappa shape index (κ1) is 20.4. The SMILES string of the molecule is Cc1ccc(-c2c3c(nc4sc(C(=O)Nc5ccc(Cl)c(Cl)c5)c(N)c24)CCCC3)o1. The summed E-state index contributed by atoms with van der Waals surface area (Å²) >= 11 is 13.3. The number of amides is 1. The number of hydrogen-bond donors (Lipinski definition) is 2. The molecule has 1 amide bonds. The summed E-state index contributed by atoms with van der Waals surface area (Å²) in [6.07, 6.45) is 4.04. The van der Waals surface area contributed by atoms with Crippen LogP contribution in [-0.4, -0.2) is 10.9 Å². The van der Waals surface area contributed by atoms with E-state index >= 15 is 0 Å². The monoisotopic (exact) mass is 471 g/mol. The predicted octanol–water partition coefficient (Wildman–Crippen LogP) is 6.88. The molecule has 0 aliphatic heterocycles. The van der Waals surface area contributed by atoms with Crippen LogP contribution in [-0.2, 0) is 12.8 Å². The molecule has 0 fully saturated rings. The van der Waals surface area contributed by atoms with Crippen molar-refractivity contribution in [1.82, 2.24) is 4.98 Å². The molecule has 0 saturated carbocycles. The van der Waals surface area contributed by atoms with Crippen LogP contribution in [0.25, 0.3) is 21.5 Å². The van der Waals surface area contributed by atoms with Crippen LogP contribution in [0.3, 0.4) is 0 Å². The van der Waals surface area contributed by atoms with Gasteiger partial charge in [-0.2, -0.15) is 0 Å². The van der Waals surface area contributed by atoms with Crippen molar-refractivity contribution in [2.75, 3.05) is 11.1 Å². The molecule has 1 aliphatic carbocycles. The number of carbonyl (C=O) groups is 1. The van der Waals surface area contributed by atoms with E-state index in [0.29, 0.717) is 26.3 Å². The second-order valence-electron chi connectivity index (χ2n) is 7.64. The van der Waals surface area contributed by atoms with Crippen molar-refractivity contribution < 1.29 is 9.21 Å². The first-order chi connectivity index (χ1) is 14.9. The van der Waals surface area contributed by atoms with Gasteiger partial charge in [-0.15, -0.1) is 11.3 Å². The number of aromatic nitrogens is 1. The largest absolute Gasteiger partial charge is 0.461 e. The van der Waals surface area contributed by atoms with Crippen LogP contribution in [0.2, 0.25) is 10.0 Å². The summed E-state index contributed by atoms with van der Waals surface area (Å²) in [7, 11) is 0. The molecule has 31 heavy (non-hydrogen) atoms. The second-order valence-corrected chi connectivity index (χ2v) is 9.45. The van der Waals surface area contributed by atoms with Gasteiger partial charge in [-0.1, -0.05) is 23.2 Å². The normalized spacial score (nSPS) is 13.4. The van der Waals surface area contributed by atoms with Gasteiger partial charge in [0.05, 0.1) is 15.7 Å². The third-order valence-corrected chi connectivity index (χ3v) is 7.36. The summed E-state index contributed by atoms with van der Waals surface area (Å²) < 4.78 is 5.98. The molecule has 1 aromatic carbocycles. The van der Waals surface area contributed by atoms with Gasteiger partial charge in [0, 0.05) is 22.3 Å².